The molecule has 11 heteroatoms. The Labute approximate surface area is 143 Å². The van der Waals surface area contributed by atoms with Crippen LogP contribution in [0, 0.1) is 5.92 Å². The number of carboxylic acid groups (broad SMARTS) is 1. The predicted octanol–water partition coefficient (Wildman–Crippen LogP) is -1.18. The average Bonchev–Trinajstić information content (AvgIpc) is 2.99. The largest absolute Gasteiger partial charge is 0.480 e. The van der Waals surface area contributed by atoms with Crippen molar-refractivity contribution in [1.29, 1.82) is 0 Å². The summed E-state index contributed by atoms with van der Waals surface area (Å²) < 4.78 is 5.53. The van der Waals surface area contributed by atoms with Gasteiger partial charge in [0, 0.05) is 0 Å². The third-order valence-electron chi connectivity index (χ3n) is 4.19. The highest BCUT2D eigenvalue weighted by Crippen LogP contribution is 2.45. The molecule has 1 aromatic heterocycles. The zero-order valence-corrected chi connectivity index (χ0v) is 14.0. The number of aliphatic hydroxyl groups excluding tert-OH is 2. The number of hydrogen-bond acceptors (Lipinski definition) is 8. The number of carbonyl (C=O) groups is 2. The first-order valence-electron chi connectivity index (χ1n) is 7.88. The second-order valence-electron chi connectivity index (χ2n) is 6.48. The molecule has 2 amide bonds. The zero-order chi connectivity index (χ0) is 18.8. The van der Waals surface area contributed by atoms with Crippen LogP contribution in [0.1, 0.15) is 44.5 Å². The molecule has 0 unspecified atom stereocenters. The molecular weight excluding hydrogens is 334 g/mol. The summed E-state index contributed by atoms with van der Waals surface area (Å²) in [6.07, 6.45) is 0.146. The molecule has 1 aliphatic rings. The van der Waals surface area contributed by atoms with Crippen molar-refractivity contribution in [2.24, 2.45) is 11.7 Å². The Morgan fingerprint density at radius 3 is 2.56 bits per heavy atom. The molecule has 1 aromatic rings. The van der Waals surface area contributed by atoms with E-state index in [9.17, 15) is 14.7 Å². The van der Waals surface area contributed by atoms with Crippen molar-refractivity contribution in [3.63, 3.8) is 0 Å². The van der Waals surface area contributed by atoms with Gasteiger partial charge in [-0.2, -0.15) is 0 Å². The molecule has 0 saturated heterocycles. The van der Waals surface area contributed by atoms with E-state index < -0.39 is 42.3 Å². The first-order chi connectivity index (χ1) is 11.7. The fourth-order valence-electron chi connectivity index (χ4n) is 2.83. The van der Waals surface area contributed by atoms with E-state index in [1.54, 1.807) is 0 Å². The molecule has 7 N–H and O–H groups in total. The van der Waals surface area contributed by atoms with Crippen LogP contribution in [0.5, 0.6) is 0 Å². The predicted molar refractivity (Wildman–Crippen MR) is 83.2 cm³/mol. The number of carbonyl (C=O) groups excluding carboxylic acids is 1. The molecule has 0 bridgehead atoms. The van der Waals surface area contributed by atoms with Crippen molar-refractivity contribution in [3.8, 4) is 0 Å². The van der Waals surface area contributed by atoms with Gasteiger partial charge in [0.2, 0.25) is 11.8 Å². The Hall–Kier alpha value is -2.24. The monoisotopic (exact) mass is 357 g/mol. The maximum absolute atomic E-state index is 12.1. The van der Waals surface area contributed by atoms with Crippen molar-refractivity contribution in [1.82, 2.24) is 20.8 Å². The SMILES string of the molecule is CC1CC(NC(=O)N[C@@H](CO)C(=O)O)(c2nnc([C@@H](N)[C@@H](C)O)o2)C1. The van der Waals surface area contributed by atoms with Crippen LogP contribution in [0.25, 0.3) is 0 Å². The number of urea groups is 1. The molecule has 1 fully saturated rings. The van der Waals surface area contributed by atoms with Gasteiger partial charge in [0.05, 0.1) is 12.7 Å². The standard InChI is InChI=1S/C14H23N5O6/c1-6-3-14(4-6,17-13(24)16-8(5-20)11(22)23)12-19-18-10(25-12)9(15)7(2)21/h6-9,20-21H,3-5,15H2,1-2H3,(H,22,23)(H2,16,17,24)/t6?,7-,8+,9+,14?/m1/s1. The summed E-state index contributed by atoms with van der Waals surface area (Å²) in [5.74, 6) is -0.876. The molecule has 0 radical (unpaired) electrons. The van der Waals surface area contributed by atoms with Crippen molar-refractivity contribution in [2.45, 2.75) is 50.4 Å². The summed E-state index contributed by atoms with van der Waals surface area (Å²) in [5, 5.41) is 39.9. The van der Waals surface area contributed by atoms with Crippen molar-refractivity contribution in [3.05, 3.63) is 11.8 Å². The van der Waals surface area contributed by atoms with E-state index >= 15 is 0 Å². The van der Waals surface area contributed by atoms with E-state index in [1.807, 2.05) is 6.92 Å². The molecule has 1 aliphatic carbocycles. The number of aromatic nitrogens is 2. The zero-order valence-electron chi connectivity index (χ0n) is 14.0. The minimum absolute atomic E-state index is 0.0462. The number of nitrogens with two attached hydrogens (primary N) is 1. The molecule has 1 saturated carbocycles. The summed E-state index contributed by atoms with van der Waals surface area (Å²) in [4.78, 5) is 23.0. The second kappa shape index (κ2) is 7.33. The Balaban J connectivity index is 2.14. The number of aliphatic carboxylic acids is 1. The third-order valence-corrected chi connectivity index (χ3v) is 4.19. The molecule has 0 aliphatic heterocycles. The highest BCUT2D eigenvalue weighted by Gasteiger charge is 2.49. The van der Waals surface area contributed by atoms with E-state index in [1.165, 1.54) is 6.92 Å². The fraction of sp³-hybridized carbons (Fsp3) is 0.714. The van der Waals surface area contributed by atoms with Crippen molar-refractivity contribution >= 4 is 12.0 Å². The van der Waals surface area contributed by atoms with Crippen LogP contribution in [0.15, 0.2) is 4.42 Å². The molecular formula is C14H23N5O6. The van der Waals surface area contributed by atoms with Gasteiger partial charge in [-0.05, 0) is 25.7 Å². The van der Waals surface area contributed by atoms with Crippen LogP contribution >= 0.6 is 0 Å². The van der Waals surface area contributed by atoms with E-state index in [4.69, 9.17) is 20.4 Å². The van der Waals surface area contributed by atoms with Gasteiger partial charge >= 0.3 is 12.0 Å². The van der Waals surface area contributed by atoms with Gasteiger partial charge in [-0.1, -0.05) is 6.92 Å². The van der Waals surface area contributed by atoms with Crippen LogP contribution in [0.2, 0.25) is 0 Å². The lowest BCUT2D eigenvalue weighted by Gasteiger charge is -2.44. The van der Waals surface area contributed by atoms with Gasteiger partial charge in [-0.25, -0.2) is 9.59 Å². The third kappa shape index (κ3) is 4.06. The lowest BCUT2D eigenvalue weighted by atomic mass is 9.69. The average molecular weight is 357 g/mol. The number of nitrogens with one attached hydrogen (secondary N) is 2. The van der Waals surface area contributed by atoms with Gasteiger partial charge in [0.1, 0.15) is 11.6 Å². The number of hydrogen-bond donors (Lipinski definition) is 6. The minimum Gasteiger partial charge on any atom is -0.480 e. The fourth-order valence-corrected chi connectivity index (χ4v) is 2.83. The molecule has 11 nitrogen and oxygen atoms in total. The summed E-state index contributed by atoms with van der Waals surface area (Å²) in [6, 6.07) is -3.04. The molecule has 0 spiro atoms. The molecule has 25 heavy (non-hydrogen) atoms. The number of aliphatic hydroxyl groups is 2. The smallest absolute Gasteiger partial charge is 0.328 e. The second-order valence-corrected chi connectivity index (χ2v) is 6.48. The number of amides is 2. The van der Waals surface area contributed by atoms with Gasteiger partial charge in [-0.3, -0.25) is 0 Å². The quantitative estimate of drug-likeness (QED) is 0.349. The highest BCUT2D eigenvalue weighted by molar-refractivity contribution is 5.83. The molecule has 0 aromatic carbocycles. The summed E-state index contributed by atoms with van der Waals surface area (Å²) in [6.45, 7) is 2.73. The molecule has 2 rings (SSSR count). The van der Waals surface area contributed by atoms with Gasteiger partial charge < -0.3 is 36.1 Å². The van der Waals surface area contributed by atoms with Gasteiger partial charge in [0.15, 0.2) is 6.04 Å². The first kappa shape index (κ1) is 19.1. The van der Waals surface area contributed by atoms with Gasteiger partial charge in [0.25, 0.3) is 0 Å². The molecule has 140 valence electrons. The molecule has 1 heterocycles. The summed E-state index contributed by atoms with van der Waals surface area (Å²) in [5.41, 5.74) is 4.82. The van der Waals surface area contributed by atoms with Crippen molar-refractivity contribution < 1.29 is 29.3 Å². The normalized spacial score (nSPS) is 26.2. The van der Waals surface area contributed by atoms with Crippen LogP contribution < -0.4 is 16.4 Å². The number of rotatable bonds is 7. The molecule has 3 atom stereocenters. The number of carboxylic acids is 1. The maximum Gasteiger partial charge on any atom is 0.328 e. The van der Waals surface area contributed by atoms with E-state index in [0.717, 1.165) is 0 Å². The van der Waals surface area contributed by atoms with E-state index in [0.29, 0.717) is 12.8 Å². The highest BCUT2D eigenvalue weighted by atomic mass is 16.4. The Bertz CT molecular complexity index is 627. The van der Waals surface area contributed by atoms with Gasteiger partial charge in [-0.15, -0.1) is 10.2 Å². The van der Waals surface area contributed by atoms with Crippen LogP contribution in [-0.4, -0.2) is 56.3 Å². The maximum atomic E-state index is 12.1. The van der Waals surface area contributed by atoms with Crippen LogP contribution in [0.3, 0.4) is 0 Å². The topological polar surface area (TPSA) is 184 Å². The van der Waals surface area contributed by atoms with E-state index in [2.05, 4.69) is 20.8 Å². The van der Waals surface area contributed by atoms with Crippen molar-refractivity contribution in [2.75, 3.05) is 6.61 Å². The summed E-state index contributed by atoms with van der Waals surface area (Å²) in [7, 11) is 0. The lowest BCUT2D eigenvalue weighted by molar-refractivity contribution is -0.140. The first-order valence-corrected chi connectivity index (χ1v) is 7.88. The summed E-state index contributed by atoms with van der Waals surface area (Å²) >= 11 is 0. The van der Waals surface area contributed by atoms with Crippen LogP contribution in [0.4, 0.5) is 4.79 Å². The Morgan fingerprint density at radius 1 is 1.44 bits per heavy atom. The number of nitrogens with zero attached hydrogens (tertiary/aromatic N) is 2. The Morgan fingerprint density at radius 2 is 2.08 bits per heavy atom. The minimum atomic E-state index is -1.42. The Kier molecular flexibility index (Phi) is 5.60. The lowest BCUT2D eigenvalue weighted by Crippen LogP contribution is -2.59. The van der Waals surface area contributed by atoms with Crippen LogP contribution in [-0.2, 0) is 10.3 Å². The van der Waals surface area contributed by atoms with E-state index in [-0.39, 0.29) is 17.7 Å².